The number of hydrogen-bond donors (Lipinski definition) is 0. The van der Waals surface area contributed by atoms with E-state index in [1.165, 1.54) is 0 Å². The molecule has 0 N–H and O–H groups in total. The van der Waals surface area contributed by atoms with Gasteiger partial charge in [-0.15, -0.1) is 0 Å². The molecule has 0 bridgehead atoms. The number of Topliss-reactive ketones (excluding diaryl/α,β-unsaturated/α-hetero) is 1. The minimum absolute atomic E-state index is 0.116. The number of hydrogen-bond acceptors (Lipinski definition) is 4. The van der Waals surface area contributed by atoms with Gasteiger partial charge in [0.2, 0.25) is 0 Å². The summed E-state index contributed by atoms with van der Waals surface area (Å²) < 4.78 is 0. The zero-order valence-electron chi connectivity index (χ0n) is 16.0. The number of rotatable bonds is 5. The maximum Gasteiger partial charge on any atom is 0.276 e. The largest absolute Gasteiger partial charge is 0.292 e. The number of nitrogens with zero attached hydrogens (tertiary/aromatic N) is 2. The number of imide groups is 1. The molecule has 5 nitrogen and oxygen atoms in total. The van der Waals surface area contributed by atoms with Gasteiger partial charge in [-0.05, 0) is 17.7 Å². The molecule has 1 fully saturated rings. The second-order valence-electron chi connectivity index (χ2n) is 7.28. The minimum atomic E-state index is -0.602. The summed E-state index contributed by atoms with van der Waals surface area (Å²) in [6.07, 6.45) is 3.79. The van der Waals surface area contributed by atoms with Gasteiger partial charge in [0.05, 0.1) is 17.2 Å². The van der Waals surface area contributed by atoms with Gasteiger partial charge in [-0.1, -0.05) is 84.9 Å². The molecule has 146 valence electrons. The fourth-order valence-electron chi connectivity index (χ4n) is 3.90. The Kier molecular flexibility index (Phi) is 4.38. The van der Waals surface area contributed by atoms with Crippen molar-refractivity contribution in [2.45, 2.75) is 12.1 Å². The number of benzene rings is 3. The predicted octanol–water partition coefficient (Wildman–Crippen LogP) is 3.85. The standard InChI is InChI=1S/C25H18N2O3/c28-23(18-11-5-2-6-12-18)22-21(16-15-17-9-3-1-4-10-17)26(22)27-24(29)19-13-7-8-14-20(19)25(27)30/h1-16,21-22H/t21-,22+,26?/m0/s1. The van der Waals surface area contributed by atoms with Crippen LogP contribution in [0.5, 0.6) is 0 Å². The van der Waals surface area contributed by atoms with Crippen molar-refractivity contribution in [3.8, 4) is 0 Å². The topological polar surface area (TPSA) is 57.5 Å². The quantitative estimate of drug-likeness (QED) is 0.375. The molecule has 3 aromatic carbocycles. The number of fused-ring (bicyclic) bond motifs is 1. The molecule has 3 atom stereocenters. The van der Waals surface area contributed by atoms with E-state index in [0.29, 0.717) is 16.7 Å². The Balaban J connectivity index is 1.48. The Morgan fingerprint density at radius 3 is 1.87 bits per heavy atom. The van der Waals surface area contributed by atoms with E-state index in [9.17, 15) is 14.4 Å². The Labute approximate surface area is 173 Å². The molecule has 5 heteroatoms. The van der Waals surface area contributed by atoms with Crippen LogP contribution in [0.1, 0.15) is 36.6 Å². The Hall–Kier alpha value is -3.83. The molecule has 30 heavy (non-hydrogen) atoms. The van der Waals surface area contributed by atoms with Crippen LogP contribution in [0.25, 0.3) is 6.08 Å². The molecule has 5 rings (SSSR count). The van der Waals surface area contributed by atoms with E-state index < -0.39 is 17.9 Å². The number of hydrazine groups is 1. The first-order valence-electron chi connectivity index (χ1n) is 9.75. The van der Waals surface area contributed by atoms with Gasteiger partial charge in [0.25, 0.3) is 11.8 Å². The summed E-state index contributed by atoms with van der Waals surface area (Å²) >= 11 is 0. The van der Waals surface area contributed by atoms with E-state index in [0.717, 1.165) is 10.6 Å². The summed E-state index contributed by atoms with van der Waals surface area (Å²) in [5.74, 6) is -0.899. The summed E-state index contributed by atoms with van der Waals surface area (Å²) in [5.41, 5.74) is 2.27. The van der Waals surface area contributed by atoms with E-state index in [4.69, 9.17) is 0 Å². The van der Waals surface area contributed by atoms with Crippen LogP contribution in [-0.2, 0) is 0 Å². The zero-order valence-corrected chi connectivity index (χ0v) is 16.0. The highest BCUT2D eigenvalue weighted by atomic mass is 16.2. The van der Waals surface area contributed by atoms with Crippen LogP contribution in [0.4, 0.5) is 0 Å². The van der Waals surface area contributed by atoms with Gasteiger partial charge >= 0.3 is 0 Å². The zero-order chi connectivity index (χ0) is 20.7. The monoisotopic (exact) mass is 394 g/mol. The molecule has 2 aliphatic heterocycles. The van der Waals surface area contributed by atoms with E-state index in [-0.39, 0.29) is 11.8 Å². The summed E-state index contributed by atoms with van der Waals surface area (Å²) in [4.78, 5) is 39.0. The van der Waals surface area contributed by atoms with E-state index >= 15 is 0 Å². The van der Waals surface area contributed by atoms with Crippen LogP contribution < -0.4 is 0 Å². The molecular weight excluding hydrogens is 376 g/mol. The molecule has 1 unspecified atom stereocenters. The molecule has 0 radical (unpaired) electrons. The maximum atomic E-state index is 13.2. The van der Waals surface area contributed by atoms with Crippen LogP contribution >= 0.6 is 0 Å². The molecule has 3 aromatic rings. The predicted molar refractivity (Wildman–Crippen MR) is 113 cm³/mol. The fraction of sp³-hybridized carbons (Fsp3) is 0.0800. The van der Waals surface area contributed by atoms with Crippen LogP contribution in [0.2, 0.25) is 0 Å². The van der Waals surface area contributed by atoms with Crippen molar-refractivity contribution in [1.82, 2.24) is 10.0 Å². The van der Waals surface area contributed by atoms with Crippen molar-refractivity contribution in [1.29, 1.82) is 0 Å². The van der Waals surface area contributed by atoms with Gasteiger partial charge in [-0.2, -0.15) is 5.01 Å². The SMILES string of the molecule is O=C(c1ccccc1)[C@H]1[C@H](C=Cc2ccccc2)N1N1C(=O)c2ccccc2C1=O. The lowest BCUT2D eigenvalue weighted by Crippen LogP contribution is -2.38. The molecule has 2 heterocycles. The van der Waals surface area contributed by atoms with Gasteiger partial charge in [0, 0.05) is 5.56 Å². The first kappa shape index (κ1) is 18.2. The van der Waals surface area contributed by atoms with Crippen LogP contribution in [0.3, 0.4) is 0 Å². The third-order valence-corrected chi connectivity index (χ3v) is 5.44. The van der Waals surface area contributed by atoms with Crippen LogP contribution in [0.15, 0.2) is 91.0 Å². The first-order valence-corrected chi connectivity index (χ1v) is 9.75. The van der Waals surface area contributed by atoms with Gasteiger partial charge in [-0.3, -0.25) is 14.4 Å². The number of ketones is 1. The van der Waals surface area contributed by atoms with Crippen LogP contribution in [0, 0.1) is 0 Å². The maximum absolute atomic E-state index is 13.2. The summed E-state index contributed by atoms with van der Waals surface area (Å²) in [7, 11) is 0. The smallest absolute Gasteiger partial charge is 0.276 e. The Bertz CT molecular complexity index is 1140. The van der Waals surface area contributed by atoms with Gasteiger partial charge in [0.15, 0.2) is 5.78 Å². The number of carbonyl (C=O) groups is 3. The first-order chi connectivity index (χ1) is 14.7. The van der Waals surface area contributed by atoms with Gasteiger partial charge in [0.1, 0.15) is 6.04 Å². The lowest BCUT2D eigenvalue weighted by molar-refractivity contribution is 0.0354. The van der Waals surface area contributed by atoms with Gasteiger partial charge < -0.3 is 0 Å². The average molecular weight is 394 g/mol. The highest BCUT2D eigenvalue weighted by molar-refractivity contribution is 6.21. The molecule has 1 saturated heterocycles. The molecule has 0 saturated carbocycles. The Morgan fingerprint density at radius 2 is 1.27 bits per heavy atom. The number of amides is 2. The normalized spacial score (nSPS) is 22.4. The molecule has 0 aromatic heterocycles. The van der Waals surface area contributed by atoms with Crippen molar-refractivity contribution in [3.05, 3.63) is 113 Å². The minimum Gasteiger partial charge on any atom is -0.292 e. The van der Waals surface area contributed by atoms with Crippen molar-refractivity contribution < 1.29 is 14.4 Å². The van der Waals surface area contributed by atoms with Crippen LogP contribution in [-0.4, -0.2) is 39.7 Å². The Morgan fingerprint density at radius 1 is 0.733 bits per heavy atom. The molecular formula is C25H18N2O3. The fourth-order valence-corrected chi connectivity index (χ4v) is 3.90. The van der Waals surface area contributed by atoms with Crippen molar-refractivity contribution in [3.63, 3.8) is 0 Å². The molecule has 2 aliphatic rings. The highest BCUT2D eigenvalue weighted by Gasteiger charge is 2.59. The highest BCUT2D eigenvalue weighted by Crippen LogP contribution is 2.39. The summed E-state index contributed by atoms with van der Waals surface area (Å²) in [6, 6.07) is 24.4. The van der Waals surface area contributed by atoms with Gasteiger partial charge in [-0.25, -0.2) is 5.01 Å². The lowest BCUT2D eigenvalue weighted by Gasteiger charge is -2.15. The second-order valence-corrected chi connectivity index (χ2v) is 7.28. The summed E-state index contributed by atoms with van der Waals surface area (Å²) in [6.45, 7) is 0. The molecule has 0 aliphatic carbocycles. The third-order valence-electron chi connectivity index (χ3n) is 5.44. The van der Waals surface area contributed by atoms with Crippen molar-refractivity contribution >= 4 is 23.7 Å². The summed E-state index contributed by atoms with van der Waals surface area (Å²) in [5, 5.41) is 2.70. The molecule has 2 amide bonds. The molecule has 0 spiro atoms. The van der Waals surface area contributed by atoms with E-state index in [2.05, 4.69) is 0 Å². The second kappa shape index (κ2) is 7.21. The third kappa shape index (κ3) is 2.96. The van der Waals surface area contributed by atoms with E-state index in [1.54, 1.807) is 53.5 Å². The number of carbonyl (C=O) groups excluding carboxylic acids is 3. The van der Waals surface area contributed by atoms with Crippen molar-refractivity contribution in [2.75, 3.05) is 0 Å². The lowest BCUT2D eigenvalue weighted by atomic mass is 10.1. The van der Waals surface area contributed by atoms with Crippen molar-refractivity contribution in [2.24, 2.45) is 0 Å². The average Bonchev–Trinajstić information content (AvgIpc) is 3.45. The van der Waals surface area contributed by atoms with E-state index in [1.807, 2.05) is 48.6 Å².